The summed E-state index contributed by atoms with van der Waals surface area (Å²) in [6.07, 6.45) is 5.09. The van der Waals surface area contributed by atoms with Crippen LogP contribution in [0.25, 0.3) is 11.3 Å². The van der Waals surface area contributed by atoms with Crippen molar-refractivity contribution in [1.29, 1.82) is 0 Å². The Kier molecular flexibility index (Phi) is 1.70. The summed E-state index contributed by atoms with van der Waals surface area (Å²) in [6, 6.07) is 0. The maximum absolute atomic E-state index is 5.55. The van der Waals surface area contributed by atoms with Crippen LogP contribution in [-0.4, -0.2) is 20.2 Å². The van der Waals surface area contributed by atoms with Gasteiger partial charge in [-0.25, -0.2) is 9.97 Å². The average Bonchev–Trinajstić information content (AvgIpc) is 2.62. The zero-order valence-corrected chi connectivity index (χ0v) is 7.15. The molecular weight excluding hydrogens is 166 g/mol. The third-order valence-electron chi connectivity index (χ3n) is 1.78. The summed E-state index contributed by atoms with van der Waals surface area (Å²) in [5.41, 5.74) is 7.97. The van der Waals surface area contributed by atoms with Crippen molar-refractivity contribution in [2.24, 2.45) is 0 Å². The van der Waals surface area contributed by atoms with E-state index in [4.69, 9.17) is 5.73 Å². The van der Waals surface area contributed by atoms with Gasteiger partial charge in [-0.05, 0) is 6.92 Å². The first kappa shape index (κ1) is 7.72. The second-order valence-electron chi connectivity index (χ2n) is 2.71. The molecular formula is C8H9N5. The van der Waals surface area contributed by atoms with Crippen LogP contribution < -0.4 is 5.73 Å². The first-order valence-electron chi connectivity index (χ1n) is 3.85. The summed E-state index contributed by atoms with van der Waals surface area (Å²) in [7, 11) is 0. The summed E-state index contributed by atoms with van der Waals surface area (Å²) >= 11 is 0. The Morgan fingerprint density at radius 1 is 1.38 bits per heavy atom. The minimum atomic E-state index is 0.465. The van der Waals surface area contributed by atoms with Gasteiger partial charge in [0.1, 0.15) is 5.82 Å². The summed E-state index contributed by atoms with van der Waals surface area (Å²) in [4.78, 5) is 8.28. The molecule has 0 aliphatic rings. The van der Waals surface area contributed by atoms with E-state index in [1.165, 1.54) is 0 Å². The lowest BCUT2D eigenvalue weighted by molar-refractivity contribution is 1.09. The van der Waals surface area contributed by atoms with Gasteiger partial charge >= 0.3 is 0 Å². The quantitative estimate of drug-likeness (QED) is 0.670. The smallest absolute Gasteiger partial charge is 0.144 e. The van der Waals surface area contributed by atoms with Crippen LogP contribution in [-0.2, 0) is 0 Å². The third kappa shape index (κ3) is 1.35. The number of aromatic amines is 1. The fourth-order valence-electron chi connectivity index (χ4n) is 1.02. The van der Waals surface area contributed by atoms with Crippen LogP contribution in [0.5, 0.6) is 0 Å². The van der Waals surface area contributed by atoms with Crippen LogP contribution in [0.3, 0.4) is 0 Å². The highest BCUT2D eigenvalue weighted by molar-refractivity contribution is 5.57. The van der Waals surface area contributed by atoms with Crippen molar-refractivity contribution in [2.75, 3.05) is 5.73 Å². The van der Waals surface area contributed by atoms with Gasteiger partial charge < -0.3 is 5.73 Å². The number of nitrogens with zero attached hydrogens (tertiary/aromatic N) is 3. The normalized spacial score (nSPS) is 10.2. The molecule has 0 amide bonds. The van der Waals surface area contributed by atoms with Crippen molar-refractivity contribution >= 4 is 5.82 Å². The van der Waals surface area contributed by atoms with E-state index in [-0.39, 0.29) is 0 Å². The SMILES string of the molecule is Cc1nc(-c2cn[nH]c2)cnc1N. The van der Waals surface area contributed by atoms with E-state index in [9.17, 15) is 0 Å². The molecule has 2 aromatic rings. The van der Waals surface area contributed by atoms with E-state index in [1.807, 2.05) is 6.92 Å². The predicted octanol–water partition coefficient (Wildman–Crippen LogP) is 0.757. The number of hydrogen-bond donors (Lipinski definition) is 2. The second-order valence-corrected chi connectivity index (χ2v) is 2.71. The molecule has 0 atom stereocenters. The second kappa shape index (κ2) is 2.85. The van der Waals surface area contributed by atoms with Crippen LogP contribution >= 0.6 is 0 Å². The number of nitrogens with two attached hydrogens (primary N) is 1. The minimum absolute atomic E-state index is 0.465. The van der Waals surface area contributed by atoms with Gasteiger partial charge in [0.25, 0.3) is 0 Å². The number of nitrogens with one attached hydrogen (secondary N) is 1. The van der Waals surface area contributed by atoms with Crippen molar-refractivity contribution in [3.05, 3.63) is 24.3 Å². The van der Waals surface area contributed by atoms with Crippen molar-refractivity contribution in [3.8, 4) is 11.3 Å². The number of nitrogen functional groups attached to an aromatic ring is 1. The van der Waals surface area contributed by atoms with Gasteiger partial charge in [0, 0.05) is 11.8 Å². The average molecular weight is 175 g/mol. The summed E-state index contributed by atoms with van der Waals surface area (Å²) < 4.78 is 0. The molecule has 66 valence electrons. The van der Waals surface area contributed by atoms with Gasteiger partial charge in [-0.15, -0.1) is 0 Å². The van der Waals surface area contributed by atoms with Gasteiger partial charge in [-0.2, -0.15) is 5.10 Å². The lowest BCUT2D eigenvalue weighted by atomic mass is 10.2. The van der Waals surface area contributed by atoms with Crippen molar-refractivity contribution in [3.63, 3.8) is 0 Å². The van der Waals surface area contributed by atoms with Crippen LogP contribution in [0.4, 0.5) is 5.82 Å². The molecule has 0 aliphatic heterocycles. The van der Waals surface area contributed by atoms with Crippen LogP contribution in [0.1, 0.15) is 5.69 Å². The third-order valence-corrected chi connectivity index (χ3v) is 1.78. The van der Waals surface area contributed by atoms with E-state index in [0.29, 0.717) is 5.82 Å². The van der Waals surface area contributed by atoms with Gasteiger partial charge in [-0.1, -0.05) is 0 Å². The summed E-state index contributed by atoms with van der Waals surface area (Å²) in [6.45, 7) is 1.83. The molecule has 0 radical (unpaired) electrons. The summed E-state index contributed by atoms with van der Waals surface area (Å²) in [5.74, 6) is 0.465. The molecule has 2 heterocycles. The number of anilines is 1. The van der Waals surface area contributed by atoms with Crippen LogP contribution in [0.15, 0.2) is 18.6 Å². The van der Waals surface area contributed by atoms with Crippen LogP contribution in [0, 0.1) is 6.92 Å². The van der Waals surface area contributed by atoms with Gasteiger partial charge in [0.2, 0.25) is 0 Å². The molecule has 2 rings (SSSR count). The molecule has 5 heteroatoms. The fraction of sp³-hybridized carbons (Fsp3) is 0.125. The zero-order chi connectivity index (χ0) is 9.26. The van der Waals surface area contributed by atoms with Gasteiger partial charge in [0.05, 0.1) is 23.8 Å². The number of H-pyrrole nitrogens is 1. The highest BCUT2D eigenvalue weighted by Crippen LogP contribution is 2.15. The monoisotopic (exact) mass is 175 g/mol. The Labute approximate surface area is 75.0 Å². The molecule has 0 fully saturated rings. The van der Waals surface area contributed by atoms with Gasteiger partial charge in [-0.3, -0.25) is 5.10 Å². The van der Waals surface area contributed by atoms with Crippen molar-refractivity contribution in [2.45, 2.75) is 6.92 Å². The van der Waals surface area contributed by atoms with E-state index in [1.54, 1.807) is 18.6 Å². The molecule has 0 saturated heterocycles. The molecule has 0 unspecified atom stereocenters. The zero-order valence-electron chi connectivity index (χ0n) is 7.15. The highest BCUT2D eigenvalue weighted by atomic mass is 15.1. The Balaban J connectivity index is 2.49. The molecule has 0 aliphatic carbocycles. The Morgan fingerprint density at radius 2 is 2.23 bits per heavy atom. The molecule has 0 saturated carbocycles. The molecule has 0 spiro atoms. The Hall–Kier alpha value is -1.91. The number of rotatable bonds is 1. The standard InChI is InChI=1S/C8H9N5/c1-5-8(9)10-4-7(13-5)6-2-11-12-3-6/h2-4H,1H3,(H2,9,10)(H,11,12). The molecule has 2 aromatic heterocycles. The van der Waals surface area contributed by atoms with E-state index in [2.05, 4.69) is 20.2 Å². The number of aromatic nitrogens is 4. The lowest BCUT2D eigenvalue weighted by Crippen LogP contribution is -1.97. The fourth-order valence-corrected chi connectivity index (χ4v) is 1.02. The van der Waals surface area contributed by atoms with Crippen molar-refractivity contribution in [1.82, 2.24) is 20.2 Å². The maximum Gasteiger partial charge on any atom is 0.144 e. The topological polar surface area (TPSA) is 80.5 Å². The minimum Gasteiger partial charge on any atom is -0.382 e. The number of hydrogen-bond acceptors (Lipinski definition) is 4. The first-order chi connectivity index (χ1) is 6.27. The largest absolute Gasteiger partial charge is 0.382 e. The summed E-state index contributed by atoms with van der Waals surface area (Å²) in [5, 5.41) is 6.54. The van der Waals surface area contributed by atoms with Gasteiger partial charge in [0.15, 0.2) is 0 Å². The highest BCUT2D eigenvalue weighted by Gasteiger charge is 2.02. The van der Waals surface area contributed by atoms with E-state index >= 15 is 0 Å². The molecule has 5 nitrogen and oxygen atoms in total. The van der Waals surface area contributed by atoms with E-state index in [0.717, 1.165) is 17.0 Å². The Morgan fingerprint density at radius 3 is 2.85 bits per heavy atom. The first-order valence-corrected chi connectivity index (χ1v) is 3.85. The number of aryl methyl sites for hydroxylation is 1. The van der Waals surface area contributed by atoms with Crippen molar-refractivity contribution < 1.29 is 0 Å². The molecule has 0 bridgehead atoms. The van der Waals surface area contributed by atoms with E-state index < -0.39 is 0 Å². The molecule has 3 N–H and O–H groups in total. The predicted molar refractivity (Wildman–Crippen MR) is 48.8 cm³/mol. The Bertz CT molecular complexity index is 406. The van der Waals surface area contributed by atoms with Crippen LogP contribution in [0.2, 0.25) is 0 Å². The molecule has 0 aromatic carbocycles. The lowest BCUT2D eigenvalue weighted by Gasteiger charge is -1.99. The maximum atomic E-state index is 5.55. The molecule has 13 heavy (non-hydrogen) atoms.